The number of allylic oxidation sites excluding steroid dienone is 2. The molecule has 27 heavy (non-hydrogen) atoms. The van der Waals surface area contributed by atoms with Crippen LogP contribution in [0.3, 0.4) is 0 Å². The molecule has 0 bridgehead atoms. The van der Waals surface area contributed by atoms with E-state index in [2.05, 4.69) is 29.9 Å². The molecule has 1 aliphatic heterocycles. The molecule has 3 aliphatic carbocycles. The molecule has 4 aliphatic rings. The molecule has 3 nitrogen and oxygen atoms in total. The molecule has 1 aromatic rings. The maximum Gasteiger partial charge on any atom is 0.0847 e. The predicted octanol–water partition coefficient (Wildman–Crippen LogP) is 5.92. The Hall–Kier alpha value is -1.22. The smallest absolute Gasteiger partial charge is 0.0847 e. The number of rotatable bonds is 1. The molecule has 0 amide bonds. The number of hydrogen-bond donors (Lipinski definition) is 0. The summed E-state index contributed by atoms with van der Waals surface area (Å²) in [4.78, 5) is 8.95. The average Bonchev–Trinajstić information content (AvgIpc) is 3.07. The van der Waals surface area contributed by atoms with E-state index in [1.165, 1.54) is 50.5 Å². The van der Waals surface area contributed by atoms with E-state index >= 15 is 0 Å². The Balaban J connectivity index is 0.000000872. The zero-order valence-electron chi connectivity index (χ0n) is 17.6. The van der Waals surface area contributed by atoms with Crippen molar-refractivity contribution < 1.29 is 4.74 Å². The van der Waals surface area contributed by atoms with E-state index in [0.29, 0.717) is 11.5 Å². The van der Waals surface area contributed by atoms with Crippen LogP contribution in [0.2, 0.25) is 0 Å². The lowest BCUT2D eigenvalue weighted by Crippen LogP contribution is -2.55. The third-order valence-corrected chi connectivity index (χ3v) is 8.38. The molecule has 1 saturated heterocycles. The van der Waals surface area contributed by atoms with Crippen molar-refractivity contribution in [3.8, 4) is 0 Å². The molecule has 0 aromatic carbocycles. The number of aromatic nitrogens is 2. The fourth-order valence-corrected chi connectivity index (χ4v) is 7.12. The van der Waals surface area contributed by atoms with Crippen LogP contribution in [0.4, 0.5) is 0 Å². The highest BCUT2D eigenvalue weighted by atomic mass is 16.5. The Bertz CT molecular complexity index is 687. The minimum atomic E-state index is 0.288. The molecule has 6 atom stereocenters. The minimum absolute atomic E-state index is 0.288. The third-order valence-electron chi connectivity index (χ3n) is 8.38. The van der Waals surface area contributed by atoms with Gasteiger partial charge in [0.25, 0.3) is 0 Å². The van der Waals surface area contributed by atoms with Gasteiger partial charge in [0.1, 0.15) is 0 Å². The Morgan fingerprint density at radius 1 is 1.04 bits per heavy atom. The maximum atomic E-state index is 6.23. The fraction of sp³-hybridized carbons (Fsp3) is 0.750. The van der Waals surface area contributed by atoms with Crippen LogP contribution < -0.4 is 0 Å². The zero-order valence-corrected chi connectivity index (χ0v) is 17.6. The van der Waals surface area contributed by atoms with Crippen LogP contribution >= 0.6 is 0 Å². The van der Waals surface area contributed by atoms with Crippen molar-refractivity contribution in [1.29, 1.82) is 0 Å². The van der Waals surface area contributed by atoms with Crippen LogP contribution in [-0.2, 0) is 4.74 Å². The summed E-state index contributed by atoms with van der Waals surface area (Å²) in [7, 11) is 0. The monoisotopic (exact) mass is 368 g/mol. The lowest BCUT2D eigenvalue weighted by molar-refractivity contribution is -0.168. The summed E-state index contributed by atoms with van der Waals surface area (Å²) in [5.41, 5.74) is 3.27. The van der Waals surface area contributed by atoms with Gasteiger partial charge in [0.05, 0.1) is 18.0 Å². The summed E-state index contributed by atoms with van der Waals surface area (Å²) in [6, 6.07) is 0. The van der Waals surface area contributed by atoms with Gasteiger partial charge >= 0.3 is 0 Å². The summed E-state index contributed by atoms with van der Waals surface area (Å²) < 4.78 is 6.23. The van der Waals surface area contributed by atoms with Gasteiger partial charge in [-0.3, -0.25) is 9.97 Å². The van der Waals surface area contributed by atoms with Gasteiger partial charge < -0.3 is 4.74 Å². The molecule has 5 rings (SSSR count). The van der Waals surface area contributed by atoms with Crippen molar-refractivity contribution in [2.24, 2.45) is 28.6 Å². The van der Waals surface area contributed by atoms with E-state index in [9.17, 15) is 0 Å². The zero-order chi connectivity index (χ0) is 19.1. The van der Waals surface area contributed by atoms with E-state index in [-0.39, 0.29) is 5.41 Å². The van der Waals surface area contributed by atoms with Crippen molar-refractivity contribution in [3.05, 3.63) is 30.4 Å². The molecule has 148 valence electrons. The van der Waals surface area contributed by atoms with Gasteiger partial charge in [0.15, 0.2) is 0 Å². The lowest BCUT2D eigenvalue weighted by Gasteiger charge is -2.59. The van der Waals surface area contributed by atoms with Gasteiger partial charge in [-0.2, -0.15) is 0 Å². The summed E-state index contributed by atoms with van der Waals surface area (Å²) >= 11 is 0. The molecular weight excluding hydrogens is 332 g/mol. The van der Waals surface area contributed by atoms with Gasteiger partial charge in [-0.05, 0) is 79.1 Å². The topological polar surface area (TPSA) is 35.0 Å². The lowest BCUT2D eigenvalue weighted by atomic mass is 9.47. The van der Waals surface area contributed by atoms with E-state index < -0.39 is 0 Å². The Morgan fingerprint density at radius 2 is 1.89 bits per heavy atom. The summed E-state index contributed by atoms with van der Waals surface area (Å²) in [6.45, 7) is 10.0. The van der Waals surface area contributed by atoms with Crippen LogP contribution in [0.25, 0.3) is 5.57 Å². The molecule has 3 fully saturated rings. The van der Waals surface area contributed by atoms with Gasteiger partial charge in [-0.1, -0.05) is 33.8 Å². The van der Waals surface area contributed by atoms with Crippen LogP contribution in [0, 0.1) is 28.6 Å². The minimum Gasteiger partial charge on any atom is -0.378 e. The van der Waals surface area contributed by atoms with Gasteiger partial charge in [0.2, 0.25) is 0 Å². The quantitative estimate of drug-likeness (QED) is 0.617. The molecule has 5 unspecified atom stereocenters. The first-order valence-corrected chi connectivity index (χ1v) is 11.2. The number of hydrogen-bond acceptors (Lipinski definition) is 3. The Kier molecular flexibility index (Phi) is 5.18. The van der Waals surface area contributed by atoms with Gasteiger partial charge in [-0.25, -0.2) is 0 Å². The van der Waals surface area contributed by atoms with Gasteiger partial charge in [0, 0.05) is 19.0 Å². The van der Waals surface area contributed by atoms with Crippen molar-refractivity contribution in [1.82, 2.24) is 9.97 Å². The van der Waals surface area contributed by atoms with Crippen LogP contribution in [-0.4, -0.2) is 22.7 Å². The number of ether oxygens (including phenoxy) is 1. The normalized spacial score (nSPS) is 42.7. The average molecular weight is 369 g/mol. The second-order valence-corrected chi connectivity index (χ2v) is 9.32. The molecule has 3 heteroatoms. The molecule has 0 N–H and O–H groups in total. The summed E-state index contributed by atoms with van der Waals surface area (Å²) in [5, 5.41) is 0. The molecule has 1 aromatic heterocycles. The largest absolute Gasteiger partial charge is 0.378 e. The summed E-state index contributed by atoms with van der Waals surface area (Å²) in [5.74, 6) is 2.48. The van der Waals surface area contributed by atoms with E-state index in [0.717, 1.165) is 30.1 Å². The second kappa shape index (κ2) is 7.31. The highest BCUT2D eigenvalue weighted by Crippen LogP contribution is 2.65. The molecular formula is C24H36N2O. The van der Waals surface area contributed by atoms with Crippen molar-refractivity contribution in [2.75, 3.05) is 6.61 Å². The number of fused-ring (bicyclic) bond motifs is 5. The van der Waals surface area contributed by atoms with E-state index in [4.69, 9.17) is 4.74 Å². The van der Waals surface area contributed by atoms with Crippen molar-refractivity contribution in [3.63, 3.8) is 0 Å². The number of nitrogens with zero attached hydrogens (tertiary/aromatic N) is 2. The molecule has 0 radical (unpaired) electrons. The predicted molar refractivity (Wildman–Crippen MR) is 110 cm³/mol. The highest BCUT2D eigenvalue weighted by Gasteiger charge is 2.58. The summed E-state index contributed by atoms with van der Waals surface area (Å²) in [6.07, 6.45) is 17.7. The van der Waals surface area contributed by atoms with Crippen LogP contribution in [0.1, 0.15) is 78.3 Å². The second-order valence-electron chi connectivity index (χ2n) is 9.32. The first-order chi connectivity index (χ1) is 13.1. The van der Waals surface area contributed by atoms with Gasteiger partial charge in [-0.15, -0.1) is 0 Å². The third kappa shape index (κ3) is 2.88. The van der Waals surface area contributed by atoms with Crippen molar-refractivity contribution in [2.45, 2.75) is 78.7 Å². The Labute approximate surface area is 165 Å². The highest BCUT2D eigenvalue weighted by molar-refractivity contribution is 5.70. The van der Waals surface area contributed by atoms with Crippen molar-refractivity contribution >= 4 is 5.57 Å². The molecule has 0 spiro atoms. The standard InChI is InChI=1S/C22H30N2O.C2H6/c1-21-10-8-17-15(4-7-20-22(17,2)9-3-13-25-20)16(21)5-6-18(21)19-14-23-11-12-24-19;1-2/h6,11-12,14-17,20H,3-5,7-10,13H2,1-2H3;1-2H3/t15?,16-,17?,20?,21?,22?;/m0./s1. The SMILES string of the molecule is CC.CC12CCCOC1CCC1C2CCC2(C)C(c3cnccn3)=CC[C@@H]12. The van der Waals surface area contributed by atoms with Crippen LogP contribution in [0.5, 0.6) is 0 Å². The first kappa shape index (κ1) is 19.1. The maximum absolute atomic E-state index is 6.23. The first-order valence-electron chi connectivity index (χ1n) is 11.2. The van der Waals surface area contributed by atoms with Crippen LogP contribution in [0.15, 0.2) is 24.7 Å². The Morgan fingerprint density at radius 3 is 2.67 bits per heavy atom. The molecule has 2 heterocycles. The molecule has 2 saturated carbocycles. The fourth-order valence-electron chi connectivity index (χ4n) is 7.12. The van der Waals surface area contributed by atoms with E-state index in [1.54, 1.807) is 6.20 Å². The van der Waals surface area contributed by atoms with E-state index in [1.807, 2.05) is 26.2 Å².